The summed E-state index contributed by atoms with van der Waals surface area (Å²) in [6, 6.07) is 8.19. The van der Waals surface area contributed by atoms with Crippen molar-refractivity contribution >= 4 is 25.3 Å². The van der Waals surface area contributed by atoms with Crippen molar-refractivity contribution in [3.05, 3.63) is 63.4 Å². The Hall–Kier alpha value is -2.47. The van der Waals surface area contributed by atoms with Crippen LogP contribution in [0.4, 0.5) is 0 Å². The molecular weight excluding hydrogens is 505 g/mol. The van der Waals surface area contributed by atoms with E-state index >= 15 is 0 Å². The van der Waals surface area contributed by atoms with Crippen molar-refractivity contribution in [2.75, 3.05) is 13.2 Å². The molecule has 1 aromatic heterocycles. The van der Waals surface area contributed by atoms with Crippen LogP contribution in [0.2, 0.25) is 0 Å². The predicted molar refractivity (Wildman–Crippen MR) is 125 cm³/mol. The Balaban J connectivity index is 1.80. The molecule has 0 radical (unpaired) electrons. The van der Waals surface area contributed by atoms with Gasteiger partial charge in [-0.05, 0) is 32.9 Å². The van der Waals surface area contributed by atoms with Crippen LogP contribution in [0.3, 0.4) is 0 Å². The Morgan fingerprint density at radius 2 is 2.03 bits per heavy atom. The average Bonchev–Trinajstić information content (AvgIpc) is 3.02. The van der Waals surface area contributed by atoms with Gasteiger partial charge in [0.25, 0.3) is 5.56 Å². The molecule has 0 spiro atoms. The van der Waals surface area contributed by atoms with Crippen molar-refractivity contribution in [2.24, 2.45) is 0 Å². The van der Waals surface area contributed by atoms with E-state index < -0.39 is 60.9 Å². The van der Waals surface area contributed by atoms with Crippen LogP contribution in [0.15, 0.2) is 52.2 Å². The molecule has 1 aromatic carbocycles. The lowest BCUT2D eigenvalue weighted by molar-refractivity contribution is -0.144. The minimum absolute atomic E-state index is 0.122. The van der Waals surface area contributed by atoms with Crippen molar-refractivity contribution in [1.82, 2.24) is 14.6 Å². The summed E-state index contributed by atoms with van der Waals surface area (Å²) < 4.78 is 36.3. The van der Waals surface area contributed by atoms with E-state index in [4.69, 9.17) is 30.1 Å². The summed E-state index contributed by atoms with van der Waals surface area (Å²) in [5.74, 6) is -0.469. The number of aliphatic hydroxyl groups excluding tert-OH is 1. The van der Waals surface area contributed by atoms with Gasteiger partial charge < -0.3 is 19.1 Å². The average molecular weight is 532 g/mol. The van der Waals surface area contributed by atoms with Gasteiger partial charge in [-0.2, -0.15) is 5.09 Å². The van der Waals surface area contributed by atoms with Gasteiger partial charge in [0.05, 0.1) is 13.2 Å². The molecule has 192 valence electrons. The number of halogens is 1. The number of hydrogen-bond donors (Lipinski definition) is 3. The summed E-state index contributed by atoms with van der Waals surface area (Å²) in [7, 11) is -4.20. The van der Waals surface area contributed by atoms with E-state index in [1.165, 1.54) is 20.0 Å². The van der Waals surface area contributed by atoms with E-state index in [1.54, 1.807) is 37.3 Å². The van der Waals surface area contributed by atoms with Crippen LogP contribution in [-0.2, 0) is 23.4 Å². The minimum Gasteiger partial charge on any atom is -0.465 e. The van der Waals surface area contributed by atoms with E-state index in [2.05, 4.69) is 10.1 Å². The number of esters is 1. The fraction of sp³-hybridized carbons (Fsp3) is 0.476. The fourth-order valence-electron chi connectivity index (χ4n) is 3.40. The first kappa shape index (κ1) is 27.1. The second-order valence-electron chi connectivity index (χ2n) is 7.94. The van der Waals surface area contributed by atoms with Crippen LogP contribution >= 0.6 is 19.3 Å². The van der Waals surface area contributed by atoms with Gasteiger partial charge in [-0.25, -0.2) is 9.36 Å². The Kier molecular flexibility index (Phi) is 8.58. The molecule has 2 unspecified atom stereocenters. The second kappa shape index (κ2) is 11.1. The van der Waals surface area contributed by atoms with Crippen molar-refractivity contribution in [2.45, 2.75) is 50.1 Å². The predicted octanol–water partition coefficient (Wildman–Crippen LogP) is 1.54. The largest absolute Gasteiger partial charge is 0.465 e. The molecule has 1 saturated heterocycles. The summed E-state index contributed by atoms with van der Waals surface area (Å²) in [6.07, 6.45) is -2.51. The number of ether oxygens (including phenoxy) is 2. The number of carbonyl (C=O) groups excluding carboxylic acids is 1. The highest BCUT2D eigenvalue weighted by Gasteiger charge is 2.54. The van der Waals surface area contributed by atoms with Gasteiger partial charge in [0, 0.05) is 12.3 Å². The number of H-pyrrole nitrogens is 1. The highest BCUT2D eigenvalue weighted by Crippen LogP contribution is 2.48. The minimum atomic E-state index is -4.20. The Morgan fingerprint density at radius 3 is 2.66 bits per heavy atom. The lowest BCUT2D eigenvalue weighted by Crippen LogP contribution is -2.43. The molecule has 1 fully saturated rings. The summed E-state index contributed by atoms with van der Waals surface area (Å²) in [5.41, 5.74) is -1.40. The zero-order valence-electron chi connectivity index (χ0n) is 19.3. The summed E-state index contributed by atoms with van der Waals surface area (Å²) in [5, 5.41) is 13.3. The first-order chi connectivity index (χ1) is 16.5. The number of benzene rings is 1. The number of para-hydroxylation sites is 1. The molecule has 3 rings (SSSR count). The van der Waals surface area contributed by atoms with Crippen LogP contribution in [0.5, 0.6) is 5.75 Å². The van der Waals surface area contributed by atoms with E-state index in [0.29, 0.717) is 0 Å². The van der Waals surface area contributed by atoms with Gasteiger partial charge >= 0.3 is 19.4 Å². The number of carbonyl (C=O) groups is 1. The molecule has 6 atom stereocenters. The smallest absolute Gasteiger partial charge is 0.459 e. The molecule has 0 aliphatic carbocycles. The Morgan fingerprint density at radius 1 is 1.34 bits per heavy atom. The van der Waals surface area contributed by atoms with Crippen molar-refractivity contribution in [3.8, 4) is 5.75 Å². The van der Waals surface area contributed by atoms with E-state index in [0.717, 1.165) is 10.6 Å². The maximum atomic E-state index is 13.5. The lowest BCUT2D eigenvalue weighted by atomic mass is 10.0. The number of aliphatic hydroxyl groups is 1. The Bertz CT molecular complexity index is 1190. The molecule has 35 heavy (non-hydrogen) atoms. The maximum absolute atomic E-state index is 13.5. The molecule has 0 saturated carbocycles. The van der Waals surface area contributed by atoms with E-state index in [-0.39, 0.29) is 12.4 Å². The molecule has 0 bridgehead atoms. The number of nitrogens with one attached hydrogen (secondary N) is 2. The number of aromatic amines is 1. The molecule has 2 heterocycles. The zero-order chi connectivity index (χ0) is 25.8. The monoisotopic (exact) mass is 531 g/mol. The standard InChI is InChI=1S/C21H27ClN3O9P/c1-4-31-18(28)13(2)24-35(30,34-14-8-6-5-7-9-14)32-12-15-17(27)21(3,22)19(33-15)25-11-10-16(26)23-20(25)29/h5-11,13,15,17,19,27H,4,12H2,1-3H3,(H,24,30)(H,23,26,29)/t13?,15-,17-,19-,21-,35?/m1/s1. The molecule has 14 heteroatoms. The van der Waals surface area contributed by atoms with Crippen LogP contribution in [0.25, 0.3) is 0 Å². The number of nitrogens with zero attached hydrogens (tertiary/aromatic N) is 1. The quantitative estimate of drug-likeness (QED) is 0.233. The number of hydrogen-bond acceptors (Lipinski definition) is 9. The van der Waals surface area contributed by atoms with E-state index in [9.17, 15) is 24.1 Å². The van der Waals surface area contributed by atoms with Crippen LogP contribution < -0.4 is 20.9 Å². The second-order valence-corrected chi connectivity index (χ2v) is 10.4. The SMILES string of the molecule is CCOC(=O)C(C)NP(=O)(OC[C@H]1O[C@@H](n2ccc(=O)[nH]c2=O)[C@](C)(Cl)[C@@H]1O)Oc1ccccc1. The van der Waals surface area contributed by atoms with Crippen LogP contribution in [-0.4, -0.2) is 57.0 Å². The molecule has 12 nitrogen and oxygen atoms in total. The third kappa shape index (κ3) is 6.40. The molecule has 1 aliphatic heterocycles. The van der Waals surface area contributed by atoms with Gasteiger partial charge in [0.2, 0.25) is 0 Å². The molecular formula is C21H27ClN3O9P. The molecule has 1 aliphatic rings. The first-order valence-corrected chi connectivity index (χ1v) is 12.7. The van der Waals surface area contributed by atoms with Crippen molar-refractivity contribution < 1.29 is 33.0 Å². The van der Waals surface area contributed by atoms with Gasteiger partial charge in [0.15, 0.2) is 6.23 Å². The molecule has 3 N–H and O–H groups in total. The molecule has 0 amide bonds. The summed E-state index contributed by atoms with van der Waals surface area (Å²) >= 11 is 6.51. The Labute approximate surface area is 205 Å². The number of aromatic nitrogens is 2. The number of rotatable bonds is 10. The third-order valence-corrected chi connectivity index (χ3v) is 7.24. The van der Waals surface area contributed by atoms with E-state index in [1.807, 2.05) is 0 Å². The van der Waals surface area contributed by atoms with Gasteiger partial charge in [-0.3, -0.25) is 23.7 Å². The van der Waals surface area contributed by atoms with Gasteiger partial charge in [-0.15, -0.1) is 11.6 Å². The topological polar surface area (TPSA) is 158 Å². The van der Waals surface area contributed by atoms with Crippen molar-refractivity contribution in [3.63, 3.8) is 0 Å². The van der Waals surface area contributed by atoms with Gasteiger partial charge in [-0.1, -0.05) is 18.2 Å². The number of alkyl halides is 1. The third-order valence-electron chi connectivity index (χ3n) is 5.19. The lowest BCUT2D eigenvalue weighted by Gasteiger charge is -2.26. The maximum Gasteiger partial charge on any atom is 0.459 e. The normalized spacial score (nSPS) is 26.6. The zero-order valence-corrected chi connectivity index (χ0v) is 20.9. The fourth-order valence-corrected chi connectivity index (χ4v) is 5.20. The van der Waals surface area contributed by atoms with Gasteiger partial charge in [0.1, 0.15) is 28.9 Å². The van der Waals surface area contributed by atoms with Crippen molar-refractivity contribution in [1.29, 1.82) is 0 Å². The van der Waals surface area contributed by atoms with Crippen LogP contribution in [0.1, 0.15) is 27.0 Å². The van der Waals surface area contributed by atoms with Crippen LogP contribution in [0, 0.1) is 0 Å². The highest BCUT2D eigenvalue weighted by atomic mass is 35.5. The highest BCUT2D eigenvalue weighted by molar-refractivity contribution is 7.52. The summed E-state index contributed by atoms with van der Waals surface area (Å²) in [6.45, 7) is 4.15. The first-order valence-electron chi connectivity index (χ1n) is 10.7. The summed E-state index contributed by atoms with van der Waals surface area (Å²) in [4.78, 5) is 36.3. The molecule has 2 aromatic rings.